The Kier molecular flexibility index (Phi) is 9.39. The van der Waals surface area contributed by atoms with E-state index in [2.05, 4.69) is 30.2 Å². The van der Waals surface area contributed by atoms with Crippen LogP contribution in [-0.2, 0) is 19.1 Å². The van der Waals surface area contributed by atoms with Gasteiger partial charge in [0.05, 0.1) is 18.3 Å². The maximum Gasteiger partial charge on any atom is 0.407 e. The van der Waals surface area contributed by atoms with E-state index in [1.807, 2.05) is 0 Å². The minimum atomic E-state index is -1.98. The van der Waals surface area contributed by atoms with Crippen LogP contribution < -0.4 is 0 Å². The topological polar surface area (TPSA) is 169 Å². The van der Waals surface area contributed by atoms with E-state index in [0.29, 0.717) is 0 Å². The molecule has 1 rings (SSSR count). The van der Waals surface area contributed by atoms with Gasteiger partial charge in [0, 0.05) is 25.8 Å². The number of rotatable bonds is 12. The summed E-state index contributed by atoms with van der Waals surface area (Å²) in [7, 11) is 0. The molecule has 0 saturated carbocycles. The Balaban J connectivity index is 3.11. The van der Waals surface area contributed by atoms with Gasteiger partial charge in [0.25, 0.3) is 0 Å². The molecule has 0 fully saturated rings. The van der Waals surface area contributed by atoms with Crippen LogP contribution in [0.5, 0.6) is 0 Å². The molecule has 0 saturated heterocycles. The largest absolute Gasteiger partial charge is 0.480 e. The fourth-order valence-corrected chi connectivity index (χ4v) is 3.27. The van der Waals surface area contributed by atoms with Gasteiger partial charge in [-0.05, 0) is 19.1 Å². The Hall–Kier alpha value is -2.51. The first kappa shape index (κ1) is 25.5. The zero-order chi connectivity index (χ0) is 23.1. The summed E-state index contributed by atoms with van der Waals surface area (Å²) in [5.74, 6) is -3.90. The minimum absolute atomic E-state index is 0.0308. The molecule has 166 valence electrons. The van der Waals surface area contributed by atoms with Gasteiger partial charge in [-0.25, -0.2) is 4.79 Å². The molecule has 13 heteroatoms. The average molecular weight is 462 g/mol. The molecule has 0 bridgehead atoms. The molecule has 0 radical (unpaired) electrons. The third-order valence-electron chi connectivity index (χ3n) is 4.43. The van der Waals surface area contributed by atoms with E-state index in [0.717, 1.165) is 4.90 Å². The molecule has 0 aliphatic heterocycles. The molecule has 1 heterocycles. The minimum Gasteiger partial charge on any atom is -0.480 e. The molecule has 4 N–H and O–H groups in total. The predicted molar refractivity (Wildman–Crippen MR) is 111 cm³/mol. The average Bonchev–Trinajstić information content (AvgIpc) is 2.66. The van der Waals surface area contributed by atoms with Crippen LogP contribution in [0.4, 0.5) is 4.79 Å². The summed E-state index contributed by atoms with van der Waals surface area (Å²) in [5, 5.41) is 36.2. The third kappa shape index (κ3) is 6.50. The molecule has 11 nitrogen and oxygen atoms in total. The second kappa shape index (κ2) is 11.0. The maximum absolute atomic E-state index is 12.0. The highest BCUT2D eigenvalue weighted by atomic mass is 32.1. The first-order valence-corrected chi connectivity index (χ1v) is 9.59. The Morgan fingerprint density at radius 3 is 2.20 bits per heavy atom. The van der Waals surface area contributed by atoms with Gasteiger partial charge in [0.2, 0.25) is 0 Å². The summed E-state index contributed by atoms with van der Waals surface area (Å²) in [4.78, 5) is 51.9. The van der Waals surface area contributed by atoms with Crippen molar-refractivity contribution >= 4 is 49.3 Å². The quantitative estimate of drug-likeness (QED) is 0.240. The van der Waals surface area contributed by atoms with Gasteiger partial charge in [0.15, 0.2) is 4.75 Å². The molecular formula is C17H23N3O8S2. The van der Waals surface area contributed by atoms with Crippen molar-refractivity contribution in [1.82, 2.24) is 14.8 Å². The number of carbonyl (C=O) groups is 4. The molecule has 0 aliphatic carbocycles. The highest BCUT2D eigenvalue weighted by molar-refractivity contribution is 7.82. The molecule has 0 spiro atoms. The summed E-state index contributed by atoms with van der Waals surface area (Å²) >= 11 is 8.12. The van der Waals surface area contributed by atoms with Crippen LogP contribution in [0.25, 0.3) is 0 Å². The monoisotopic (exact) mass is 461 g/mol. The fourth-order valence-electron chi connectivity index (χ4n) is 2.77. The van der Waals surface area contributed by atoms with E-state index in [4.69, 9.17) is 10.2 Å². The Bertz CT molecular complexity index is 782. The van der Waals surface area contributed by atoms with Gasteiger partial charge in [-0.1, -0.05) is 6.07 Å². The summed E-state index contributed by atoms with van der Waals surface area (Å²) in [6.45, 7) is 0.0879. The normalized spacial score (nSPS) is 15.1. The van der Waals surface area contributed by atoms with Crippen molar-refractivity contribution in [2.24, 2.45) is 0 Å². The molecule has 1 amide bonds. The molecule has 1 aromatic rings. The number of amides is 1. The van der Waals surface area contributed by atoms with Gasteiger partial charge in [-0.3, -0.25) is 24.3 Å². The number of nitrogens with zero attached hydrogens (tertiary/aromatic N) is 3. The van der Waals surface area contributed by atoms with E-state index in [-0.39, 0.29) is 25.3 Å². The van der Waals surface area contributed by atoms with Crippen molar-refractivity contribution in [2.45, 2.75) is 23.0 Å². The first-order valence-electron chi connectivity index (χ1n) is 8.63. The van der Waals surface area contributed by atoms with Crippen LogP contribution in [0, 0.1) is 0 Å². The summed E-state index contributed by atoms with van der Waals surface area (Å²) in [5.41, 5.74) is 0.0308. The lowest BCUT2D eigenvalue weighted by molar-refractivity contribution is -0.142. The van der Waals surface area contributed by atoms with Crippen molar-refractivity contribution in [3.8, 4) is 0 Å². The highest BCUT2D eigenvalue weighted by Gasteiger charge is 2.47. The lowest BCUT2D eigenvalue weighted by Crippen LogP contribution is -2.54. The molecule has 1 aromatic heterocycles. The number of hydrogen-bond acceptors (Lipinski definition) is 8. The zero-order valence-corrected chi connectivity index (χ0v) is 17.7. The van der Waals surface area contributed by atoms with Gasteiger partial charge in [0.1, 0.15) is 5.25 Å². The van der Waals surface area contributed by atoms with E-state index >= 15 is 0 Å². The van der Waals surface area contributed by atoms with Gasteiger partial charge >= 0.3 is 24.0 Å². The van der Waals surface area contributed by atoms with Crippen LogP contribution in [0.1, 0.15) is 12.6 Å². The zero-order valence-electron chi connectivity index (χ0n) is 16.0. The SMILES string of the molecule is C[C@H](N(CCN(CC(=O)O)C[C@H](S)C(=O)O)C(=O)O)[C@@](S)(C(=O)O)c1ccccn1. The highest BCUT2D eigenvalue weighted by Crippen LogP contribution is 2.34. The Morgan fingerprint density at radius 2 is 1.77 bits per heavy atom. The number of aromatic nitrogens is 1. The number of carboxylic acid groups (broad SMARTS) is 4. The third-order valence-corrected chi connectivity index (χ3v) is 5.61. The standard InChI is InChI=1S/C17H23N3O8S2/c1-10(17(30,15(25)26)12-4-2-3-5-18-12)20(16(27)28)7-6-19(9-13(21)22)8-11(29)14(23)24/h2-5,10-11,29-30H,6-9H2,1H3,(H,21,22)(H,23,24)(H,25,26)(H,27,28)/t10-,11-,17-/m0/s1. The number of pyridine rings is 1. The van der Waals surface area contributed by atoms with Crippen molar-refractivity contribution in [3.63, 3.8) is 0 Å². The summed E-state index contributed by atoms with van der Waals surface area (Å²) < 4.78 is -1.98. The van der Waals surface area contributed by atoms with Crippen LogP contribution in [0.2, 0.25) is 0 Å². The van der Waals surface area contributed by atoms with E-state index in [1.54, 1.807) is 12.1 Å². The lowest BCUT2D eigenvalue weighted by atomic mass is 9.94. The van der Waals surface area contributed by atoms with Crippen molar-refractivity contribution in [3.05, 3.63) is 30.1 Å². The molecule has 3 atom stereocenters. The van der Waals surface area contributed by atoms with Crippen LogP contribution in [-0.4, -0.2) is 96.7 Å². The van der Waals surface area contributed by atoms with E-state index in [9.17, 15) is 29.4 Å². The van der Waals surface area contributed by atoms with Crippen molar-refractivity contribution in [1.29, 1.82) is 0 Å². The smallest absolute Gasteiger partial charge is 0.407 e. The molecule has 30 heavy (non-hydrogen) atoms. The van der Waals surface area contributed by atoms with Crippen molar-refractivity contribution < 1.29 is 39.6 Å². The van der Waals surface area contributed by atoms with Gasteiger partial charge < -0.3 is 25.3 Å². The van der Waals surface area contributed by atoms with Crippen LogP contribution in [0.15, 0.2) is 24.4 Å². The number of carboxylic acids is 3. The Morgan fingerprint density at radius 1 is 1.13 bits per heavy atom. The summed E-state index contributed by atoms with van der Waals surface area (Å²) in [6.07, 6.45) is -0.0944. The molecule has 0 aromatic carbocycles. The number of thiol groups is 2. The second-order valence-electron chi connectivity index (χ2n) is 6.42. The van der Waals surface area contributed by atoms with Crippen molar-refractivity contribution in [2.75, 3.05) is 26.2 Å². The van der Waals surface area contributed by atoms with Gasteiger partial charge in [-0.15, -0.1) is 0 Å². The summed E-state index contributed by atoms with van der Waals surface area (Å²) in [6, 6.07) is 3.32. The lowest BCUT2D eigenvalue weighted by Gasteiger charge is -2.37. The second-order valence-corrected chi connectivity index (χ2v) is 7.75. The predicted octanol–water partition coefficient (Wildman–Crippen LogP) is 0.429. The maximum atomic E-state index is 12.0. The molecule has 0 aliphatic rings. The first-order chi connectivity index (χ1) is 13.9. The number of aliphatic carboxylic acids is 3. The Labute approximate surface area is 183 Å². The molecule has 0 unspecified atom stereocenters. The molecular weight excluding hydrogens is 438 g/mol. The van der Waals surface area contributed by atoms with E-state index < -0.39 is 46.6 Å². The van der Waals surface area contributed by atoms with E-state index in [1.165, 1.54) is 24.1 Å². The fraction of sp³-hybridized carbons (Fsp3) is 0.471. The van der Waals surface area contributed by atoms with Crippen LogP contribution >= 0.6 is 25.3 Å². The van der Waals surface area contributed by atoms with Gasteiger partial charge in [-0.2, -0.15) is 25.3 Å². The van der Waals surface area contributed by atoms with Crippen LogP contribution in [0.3, 0.4) is 0 Å². The number of hydrogen-bond donors (Lipinski definition) is 6.